The summed E-state index contributed by atoms with van der Waals surface area (Å²) in [6.45, 7) is 4.99. The van der Waals surface area contributed by atoms with Crippen LogP contribution in [0.1, 0.15) is 59.3 Å². The van der Waals surface area contributed by atoms with Gasteiger partial charge in [0.25, 0.3) is 0 Å². The molecule has 0 spiro atoms. The van der Waals surface area contributed by atoms with Crippen molar-refractivity contribution in [3.05, 3.63) is 0 Å². The Balaban J connectivity index is 4.59. The Bertz CT molecular complexity index is 421. The molecule has 2 atom stereocenters. The molecule has 0 fully saturated rings. The Morgan fingerprint density at radius 2 is 1.62 bits per heavy atom. The van der Waals surface area contributed by atoms with Crippen LogP contribution in [0.15, 0.2) is 0 Å². The normalized spacial score (nSPS) is 13.8. The van der Waals surface area contributed by atoms with E-state index in [4.69, 9.17) is 4.74 Å². The second-order valence-corrected chi connectivity index (χ2v) is 7.78. The van der Waals surface area contributed by atoms with Crippen LogP contribution in [-0.4, -0.2) is 44.3 Å². The zero-order valence-corrected chi connectivity index (χ0v) is 16.7. The summed E-state index contributed by atoms with van der Waals surface area (Å²) < 4.78 is 6.09. The number of carboxylic acids is 2. The van der Waals surface area contributed by atoms with Crippen LogP contribution in [0.4, 0.5) is 4.79 Å². The predicted octanol–water partition coefficient (Wildman–Crippen LogP) is 3.44. The van der Waals surface area contributed by atoms with Crippen molar-refractivity contribution in [1.82, 2.24) is 5.32 Å². The Labute approximate surface area is 156 Å². The lowest BCUT2D eigenvalue weighted by molar-refractivity contribution is -0.144. The van der Waals surface area contributed by atoms with Crippen molar-refractivity contribution < 1.29 is 29.3 Å². The molecule has 0 aromatic heterocycles. The van der Waals surface area contributed by atoms with Gasteiger partial charge in [0.15, 0.2) is 0 Å². The molecule has 140 valence electrons. The van der Waals surface area contributed by atoms with Crippen LogP contribution >= 0.6 is 22.6 Å². The van der Waals surface area contributed by atoms with Crippen molar-refractivity contribution in [2.24, 2.45) is 5.92 Å². The second-order valence-electron chi connectivity index (χ2n) is 6.70. The molecule has 0 aliphatic carbocycles. The molecule has 0 rings (SSSR count). The molecule has 0 radical (unpaired) electrons. The van der Waals surface area contributed by atoms with Gasteiger partial charge in [-0.25, -0.2) is 9.59 Å². The van der Waals surface area contributed by atoms with Crippen LogP contribution in [0.5, 0.6) is 0 Å². The first-order chi connectivity index (χ1) is 11.1. The van der Waals surface area contributed by atoms with Gasteiger partial charge in [-0.1, -0.05) is 41.9 Å². The molecule has 0 aromatic rings. The fraction of sp³-hybridized carbons (Fsp3) is 0.812. The van der Waals surface area contributed by atoms with Crippen LogP contribution in [0, 0.1) is 5.92 Å². The number of amides is 1. The lowest BCUT2D eigenvalue weighted by atomic mass is 9.93. The Kier molecular flexibility index (Phi) is 11.0. The number of alkyl carbamates (subject to hydrolysis) is 1. The van der Waals surface area contributed by atoms with Gasteiger partial charge in [-0.15, -0.1) is 0 Å². The number of halogens is 1. The van der Waals surface area contributed by atoms with E-state index in [-0.39, 0.29) is 6.42 Å². The van der Waals surface area contributed by atoms with Gasteiger partial charge in [0.2, 0.25) is 0 Å². The highest BCUT2D eigenvalue weighted by Gasteiger charge is 2.29. The van der Waals surface area contributed by atoms with Gasteiger partial charge >= 0.3 is 18.0 Å². The highest BCUT2D eigenvalue weighted by molar-refractivity contribution is 14.1. The number of rotatable bonds is 11. The lowest BCUT2D eigenvalue weighted by Crippen LogP contribution is -2.45. The van der Waals surface area contributed by atoms with Crippen molar-refractivity contribution in [3.63, 3.8) is 0 Å². The smallest absolute Gasteiger partial charge is 0.408 e. The van der Waals surface area contributed by atoms with E-state index in [1.54, 1.807) is 20.8 Å². The molecule has 0 heterocycles. The third kappa shape index (κ3) is 11.5. The van der Waals surface area contributed by atoms with E-state index in [0.717, 1.165) is 30.1 Å². The first-order valence-electron chi connectivity index (χ1n) is 8.08. The summed E-state index contributed by atoms with van der Waals surface area (Å²) >= 11 is 2.30. The molecule has 0 aliphatic rings. The van der Waals surface area contributed by atoms with E-state index in [1.807, 2.05) is 0 Å². The van der Waals surface area contributed by atoms with E-state index in [9.17, 15) is 24.6 Å². The molecule has 3 N–H and O–H groups in total. The summed E-state index contributed by atoms with van der Waals surface area (Å²) in [4.78, 5) is 34.4. The minimum Gasteiger partial charge on any atom is -0.481 e. The average molecular weight is 457 g/mol. The van der Waals surface area contributed by atoms with Crippen LogP contribution < -0.4 is 5.32 Å². The Morgan fingerprint density at radius 3 is 2.08 bits per heavy atom. The number of unbranched alkanes of at least 4 members (excludes halogenated alkanes) is 3. The van der Waals surface area contributed by atoms with E-state index in [1.165, 1.54) is 0 Å². The zero-order valence-electron chi connectivity index (χ0n) is 14.5. The van der Waals surface area contributed by atoms with Crippen LogP contribution in [-0.2, 0) is 14.3 Å². The molecule has 24 heavy (non-hydrogen) atoms. The van der Waals surface area contributed by atoms with E-state index >= 15 is 0 Å². The number of carbonyl (C=O) groups is 3. The van der Waals surface area contributed by atoms with Crippen molar-refractivity contribution in [2.75, 3.05) is 4.43 Å². The molecule has 0 unspecified atom stereocenters. The van der Waals surface area contributed by atoms with Crippen molar-refractivity contribution in [1.29, 1.82) is 0 Å². The summed E-state index contributed by atoms with van der Waals surface area (Å²) in [5.41, 5.74) is -0.752. The zero-order chi connectivity index (χ0) is 18.8. The topological polar surface area (TPSA) is 113 Å². The van der Waals surface area contributed by atoms with Gasteiger partial charge < -0.3 is 20.3 Å². The standard InChI is InChI=1S/C16H28INO6/c1-16(2,3)24-15(23)18-12(14(21)22)10-11(13(19)20)8-6-4-5-7-9-17/h11-12H,4-10H2,1-3H3,(H,18,23)(H,19,20)(H,21,22)/t11-,12-/m0/s1. The molecular formula is C16H28INO6. The molecule has 0 aromatic carbocycles. The predicted molar refractivity (Wildman–Crippen MR) is 98.5 cm³/mol. The fourth-order valence-corrected chi connectivity index (χ4v) is 2.68. The van der Waals surface area contributed by atoms with E-state index < -0.39 is 35.6 Å². The SMILES string of the molecule is CC(C)(C)OC(=O)N[C@@H](C[C@H](CCCCCCI)C(=O)O)C(=O)O. The molecule has 0 saturated carbocycles. The summed E-state index contributed by atoms with van der Waals surface area (Å²) in [5, 5.41) is 20.8. The number of hydrogen-bond acceptors (Lipinski definition) is 4. The molecule has 0 aliphatic heterocycles. The Hall–Kier alpha value is -1.06. The number of ether oxygens (including phenoxy) is 1. The highest BCUT2D eigenvalue weighted by atomic mass is 127. The monoisotopic (exact) mass is 457 g/mol. The van der Waals surface area contributed by atoms with Gasteiger partial charge in [0.1, 0.15) is 11.6 Å². The van der Waals surface area contributed by atoms with Crippen molar-refractivity contribution >= 4 is 40.6 Å². The van der Waals surface area contributed by atoms with Crippen LogP contribution in [0.3, 0.4) is 0 Å². The van der Waals surface area contributed by atoms with Crippen molar-refractivity contribution in [2.45, 2.75) is 70.9 Å². The fourth-order valence-electron chi connectivity index (χ4n) is 2.14. The maximum absolute atomic E-state index is 11.7. The van der Waals surface area contributed by atoms with Crippen LogP contribution in [0.25, 0.3) is 0 Å². The van der Waals surface area contributed by atoms with Gasteiger partial charge in [-0.2, -0.15) is 0 Å². The maximum Gasteiger partial charge on any atom is 0.408 e. The molecule has 0 bridgehead atoms. The largest absolute Gasteiger partial charge is 0.481 e. The third-order valence-electron chi connectivity index (χ3n) is 3.29. The first kappa shape index (κ1) is 22.9. The first-order valence-corrected chi connectivity index (χ1v) is 9.60. The third-order valence-corrected chi connectivity index (χ3v) is 4.06. The number of hydrogen-bond donors (Lipinski definition) is 3. The summed E-state index contributed by atoms with van der Waals surface area (Å²) in [6.07, 6.45) is 3.16. The van der Waals surface area contributed by atoms with E-state index in [2.05, 4.69) is 27.9 Å². The van der Waals surface area contributed by atoms with Crippen LogP contribution in [0.2, 0.25) is 0 Å². The quantitative estimate of drug-likeness (QED) is 0.249. The van der Waals surface area contributed by atoms with Gasteiger partial charge in [0.05, 0.1) is 5.92 Å². The van der Waals surface area contributed by atoms with Gasteiger partial charge in [0, 0.05) is 0 Å². The highest BCUT2D eigenvalue weighted by Crippen LogP contribution is 2.18. The molecule has 1 amide bonds. The minimum atomic E-state index is -1.28. The molecule has 0 saturated heterocycles. The average Bonchev–Trinajstić information content (AvgIpc) is 2.42. The van der Waals surface area contributed by atoms with Gasteiger partial charge in [-0.05, 0) is 44.5 Å². The maximum atomic E-state index is 11.7. The molecule has 8 heteroatoms. The second kappa shape index (κ2) is 11.5. The van der Waals surface area contributed by atoms with Gasteiger partial charge in [-0.3, -0.25) is 4.79 Å². The lowest BCUT2D eigenvalue weighted by Gasteiger charge is -2.23. The number of aliphatic carboxylic acids is 2. The van der Waals surface area contributed by atoms with Crippen molar-refractivity contribution in [3.8, 4) is 0 Å². The summed E-state index contributed by atoms with van der Waals surface area (Å²) in [5.74, 6) is -3.11. The summed E-state index contributed by atoms with van der Waals surface area (Å²) in [7, 11) is 0. The molecule has 7 nitrogen and oxygen atoms in total. The number of nitrogens with one attached hydrogen (secondary N) is 1. The minimum absolute atomic E-state index is 0.157. The number of carbonyl (C=O) groups excluding carboxylic acids is 1. The van der Waals surface area contributed by atoms with E-state index in [0.29, 0.717) is 6.42 Å². The molecular weight excluding hydrogens is 429 g/mol. The Morgan fingerprint density at radius 1 is 1.04 bits per heavy atom. The number of alkyl halides is 1. The summed E-state index contributed by atoms with van der Waals surface area (Å²) in [6, 6.07) is -1.28. The number of carboxylic acid groups (broad SMARTS) is 2.